The number of carbonyl (C=O) groups is 1. The van der Waals surface area contributed by atoms with E-state index in [9.17, 15) is 4.79 Å². The molecule has 0 fully saturated rings. The zero-order valence-electron chi connectivity index (χ0n) is 9.58. The van der Waals surface area contributed by atoms with Gasteiger partial charge in [-0.25, -0.2) is 9.50 Å². The first-order chi connectivity index (χ1) is 8.72. The van der Waals surface area contributed by atoms with Gasteiger partial charge in [0.2, 0.25) is 4.96 Å². The lowest BCUT2D eigenvalue weighted by Gasteiger charge is -1.99. The van der Waals surface area contributed by atoms with Gasteiger partial charge in [0.1, 0.15) is 5.01 Å². The van der Waals surface area contributed by atoms with E-state index in [0.29, 0.717) is 12.3 Å². The van der Waals surface area contributed by atoms with Crippen molar-refractivity contribution in [3.8, 4) is 0 Å². The van der Waals surface area contributed by atoms with E-state index in [1.54, 1.807) is 22.8 Å². The van der Waals surface area contributed by atoms with Crippen LogP contribution in [0, 0.1) is 6.92 Å². The van der Waals surface area contributed by atoms with Gasteiger partial charge >= 0.3 is 0 Å². The Hall–Kier alpha value is -2.15. The Morgan fingerprint density at radius 2 is 2.50 bits per heavy atom. The Morgan fingerprint density at radius 3 is 3.22 bits per heavy atom. The van der Waals surface area contributed by atoms with Gasteiger partial charge in [-0.05, 0) is 19.1 Å². The van der Waals surface area contributed by atoms with Crippen molar-refractivity contribution < 1.29 is 9.21 Å². The fraction of sp³-hybridized carbons (Fsp3) is 0.182. The van der Waals surface area contributed by atoms with E-state index in [4.69, 9.17) is 4.42 Å². The summed E-state index contributed by atoms with van der Waals surface area (Å²) in [5, 5.41) is 7.95. The molecule has 6 nitrogen and oxygen atoms in total. The third-order valence-corrected chi connectivity index (χ3v) is 3.21. The highest BCUT2D eigenvalue weighted by Gasteiger charge is 2.10. The molecule has 1 N–H and O–H groups in total. The van der Waals surface area contributed by atoms with Crippen LogP contribution < -0.4 is 5.32 Å². The average Bonchev–Trinajstić information content (AvgIpc) is 3.00. The largest absolute Gasteiger partial charge is 0.459 e. The molecular formula is C11H10N4O2S. The number of hydrogen-bond donors (Lipinski definition) is 1. The highest BCUT2D eigenvalue weighted by Crippen LogP contribution is 2.13. The minimum atomic E-state index is -0.250. The van der Waals surface area contributed by atoms with E-state index in [0.717, 1.165) is 15.7 Å². The smallest absolute Gasteiger partial charge is 0.287 e. The summed E-state index contributed by atoms with van der Waals surface area (Å²) in [6.45, 7) is 2.28. The van der Waals surface area contributed by atoms with Gasteiger partial charge in [-0.1, -0.05) is 11.3 Å². The molecule has 3 aromatic heterocycles. The number of rotatable bonds is 3. The summed E-state index contributed by atoms with van der Waals surface area (Å²) in [5.74, 6) is 0.0467. The molecule has 0 aliphatic rings. The van der Waals surface area contributed by atoms with Crippen LogP contribution in [0.3, 0.4) is 0 Å². The summed E-state index contributed by atoms with van der Waals surface area (Å²) in [6.07, 6.45) is 3.27. The van der Waals surface area contributed by atoms with E-state index >= 15 is 0 Å². The van der Waals surface area contributed by atoms with Gasteiger partial charge in [-0.3, -0.25) is 4.79 Å². The van der Waals surface area contributed by atoms with E-state index in [-0.39, 0.29) is 5.91 Å². The first kappa shape index (κ1) is 11.0. The van der Waals surface area contributed by atoms with Gasteiger partial charge in [0.15, 0.2) is 5.76 Å². The third kappa shape index (κ3) is 2.00. The predicted octanol–water partition coefficient (Wildman–Crippen LogP) is 1.62. The van der Waals surface area contributed by atoms with Crippen LogP contribution in [0.2, 0.25) is 0 Å². The molecule has 0 saturated heterocycles. The number of furan rings is 1. The molecule has 0 atom stereocenters. The number of aromatic nitrogens is 3. The van der Waals surface area contributed by atoms with Crippen molar-refractivity contribution in [2.24, 2.45) is 0 Å². The molecule has 3 aromatic rings. The van der Waals surface area contributed by atoms with E-state index in [1.807, 2.05) is 6.92 Å². The molecule has 92 valence electrons. The third-order valence-electron chi connectivity index (χ3n) is 2.37. The molecule has 0 bridgehead atoms. The quantitative estimate of drug-likeness (QED) is 0.778. The molecule has 0 aliphatic heterocycles. The molecule has 0 aliphatic carbocycles. The number of nitrogens with zero attached hydrogens (tertiary/aromatic N) is 3. The van der Waals surface area contributed by atoms with Gasteiger partial charge < -0.3 is 9.73 Å². The van der Waals surface area contributed by atoms with Crippen molar-refractivity contribution in [1.82, 2.24) is 19.9 Å². The van der Waals surface area contributed by atoms with Crippen LogP contribution in [-0.2, 0) is 6.54 Å². The van der Waals surface area contributed by atoms with Crippen LogP contribution in [0.15, 0.2) is 29.0 Å². The van der Waals surface area contributed by atoms with Crippen LogP contribution in [0.5, 0.6) is 0 Å². The van der Waals surface area contributed by atoms with Crippen LogP contribution in [0.25, 0.3) is 4.96 Å². The fourth-order valence-corrected chi connectivity index (χ4v) is 2.34. The molecule has 0 radical (unpaired) electrons. The molecule has 0 saturated carbocycles. The van der Waals surface area contributed by atoms with Gasteiger partial charge in [0, 0.05) is 0 Å². The van der Waals surface area contributed by atoms with Gasteiger partial charge in [-0.2, -0.15) is 5.10 Å². The normalized spacial score (nSPS) is 10.9. The average molecular weight is 262 g/mol. The minimum absolute atomic E-state index is 0.250. The second-order valence-corrected chi connectivity index (χ2v) is 4.90. The molecule has 0 aromatic carbocycles. The highest BCUT2D eigenvalue weighted by atomic mass is 32.1. The molecule has 0 unspecified atom stereocenters. The fourth-order valence-electron chi connectivity index (χ4n) is 1.60. The zero-order chi connectivity index (χ0) is 12.5. The summed E-state index contributed by atoms with van der Waals surface area (Å²) < 4.78 is 6.71. The van der Waals surface area contributed by atoms with Crippen molar-refractivity contribution in [3.63, 3.8) is 0 Å². The number of hydrogen-bond acceptors (Lipinski definition) is 5. The van der Waals surface area contributed by atoms with Crippen LogP contribution in [-0.4, -0.2) is 20.5 Å². The van der Waals surface area contributed by atoms with Crippen molar-refractivity contribution in [2.75, 3.05) is 0 Å². The minimum Gasteiger partial charge on any atom is -0.459 e. The molecule has 7 heteroatoms. The standard InChI is InChI=1S/C11H10N4O2S/c1-7-14-15-6-8(13-11(15)18-7)5-12-10(16)9-3-2-4-17-9/h2-4,6H,5H2,1H3,(H,12,16). The van der Waals surface area contributed by atoms with Gasteiger partial charge in [-0.15, -0.1) is 0 Å². The summed E-state index contributed by atoms with van der Waals surface area (Å²) in [5.41, 5.74) is 0.772. The Labute approximate surface area is 106 Å². The second-order valence-electron chi connectivity index (χ2n) is 3.74. The van der Waals surface area contributed by atoms with E-state index in [2.05, 4.69) is 15.4 Å². The lowest BCUT2D eigenvalue weighted by molar-refractivity contribution is 0.0922. The van der Waals surface area contributed by atoms with Crippen molar-refractivity contribution in [2.45, 2.75) is 13.5 Å². The summed E-state index contributed by atoms with van der Waals surface area (Å²) >= 11 is 1.51. The van der Waals surface area contributed by atoms with Gasteiger partial charge in [0.25, 0.3) is 5.91 Å². The van der Waals surface area contributed by atoms with Crippen molar-refractivity contribution in [3.05, 3.63) is 41.1 Å². The molecule has 18 heavy (non-hydrogen) atoms. The maximum Gasteiger partial charge on any atom is 0.287 e. The number of imidazole rings is 1. The number of amides is 1. The van der Waals surface area contributed by atoms with Gasteiger partial charge in [0.05, 0.1) is 24.7 Å². The Balaban J connectivity index is 1.69. The van der Waals surface area contributed by atoms with Crippen molar-refractivity contribution >= 4 is 22.2 Å². The maximum absolute atomic E-state index is 11.6. The monoisotopic (exact) mass is 262 g/mol. The molecular weight excluding hydrogens is 252 g/mol. The number of carbonyl (C=O) groups excluding carboxylic acids is 1. The topological polar surface area (TPSA) is 72.4 Å². The van der Waals surface area contributed by atoms with Crippen molar-refractivity contribution in [1.29, 1.82) is 0 Å². The first-order valence-corrected chi connectivity index (χ1v) is 6.17. The second kappa shape index (κ2) is 4.26. The highest BCUT2D eigenvalue weighted by molar-refractivity contribution is 7.16. The summed E-state index contributed by atoms with van der Waals surface area (Å²) in [6, 6.07) is 3.29. The van der Waals surface area contributed by atoms with Crippen LogP contribution in [0.4, 0.5) is 0 Å². The lowest BCUT2D eigenvalue weighted by Crippen LogP contribution is -2.22. The number of aryl methyl sites for hydroxylation is 1. The molecule has 3 heterocycles. The Kier molecular flexibility index (Phi) is 2.60. The summed E-state index contributed by atoms with van der Waals surface area (Å²) in [7, 11) is 0. The Morgan fingerprint density at radius 1 is 1.61 bits per heavy atom. The lowest BCUT2D eigenvalue weighted by atomic mass is 10.4. The van der Waals surface area contributed by atoms with Crippen LogP contribution in [0.1, 0.15) is 21.3 Å². The Bertz CT molecular complexity index is 652. The zero-order valence-corrected chi connectivity index (χ0v) is 10.4. The molecule has 0 spiro atoms. The maximum atomic E-state index is 11.6. The summed E-state index contributed by atoms with van der Waals surface area (Å²) in [4.78, 5) is 16.8. The predicted molar refractivity (Wildman–Crippen MR) is 65.5 cm³/mol. The molecule has 3 rings (SSSR count). The molecule has 1 amide bonds. The number of nitrogens with one attached hydrogen (secondary N) is 1. The van der Waals surface area contributed by atoms with E-state index < -0.39 is 0 Å². The van der Waals surface area contributed by atoms with Crippen LogP contribution >= 0.6 is 11.3 Å². The van der Waals surface area contributed by atoms with E-state index in [1.165, 1.54) is 17.6 Å². The number of fused-ring (bicyclic) bond motifs is 1. The first-order valence-electron chi connectivity index (χ1n) is 5.36. The SMILES string of the molecule is Cc1nn2cc(CNC(=O)c3ccco3)nc2s1.